The van der Waals surface area contributed by atoms with Gasteiger partial charge in [0.1, 0.15) is 17.0 Å². The number of nitrogens with one attached hydrogen (secondary N) is 1. The number of rotatable bonds is 5. The summed E-state index contributed by atoms with van der Waals surface area (Å²) in [6, 6.07) is 7.76. The lowest BCUT2D eigenvalue weighted by molar-refractivity contribution is -0.126. The van der Waals surface area contributed by atoms with E-state index in [-0.39, 0.29) is 12.5 Å². The van der Waals surface area contributed by atoms with Gasteiger partial charge < -0.3 is 14.7 Å². The molecule has 1 aliphatic heterocycles. The third kappa shape index (κ3) is 3.71. The zero-order chi connectivity index (χ0) is 17.9. The number of β-amino-alcohol motifs (C(OH)–C–C–N with tert-alkyl or cyclic N) is 1. The number of amides is 1. The highest BCUT2D eigenvalue weighted by atomic mass is 16.5. The summed E-state index contributed by atoms with van der Waals surface area (Å²) >= 11 is 0. The third-order valence-electron chi connectivity index (χ3n) is 4.48. The highest BCUT2D eigenvalue weighted by Crippen LogP contribution is 2.30. The number of hydrogen-bond acceptors (Lipinski definition) is 5. The molecule has 0 aliphatic carbocycles. The molecule has 1 atom stereocenters. The zero-order valence-electron chi connectivity index (χ0n) is 14.4. The average Bonchev–Trinajstić information content (AvgIpc) is 3.26. The van der Waals surface area contributed by atoms with Gasteiger partial charge in [-0.05, 0) is 25.0 Å². The molecule has 1 aromatic carbocycles. The van der Waals surface area contributed by atoms with Gasteiger partial charge in [0.15, 0.2) is 0 Å². The summed E-state index contributed by atoms with van der Waals surface area (Å²) in [6.07, 6.45) is 4.21. The van der Waals surface area contributed by atoms with Crippen LogP contribution in [0.4, 0.5) is 0 Å². The maximum Gasteiger partial charge on any atom is 0.246 e. The Bertz CT molecular complexity index is 772. The Morgan fingerprint density at radius 2 is 2.28 bits per heavy atom. The number of H-pyrrole nitrogens is 1. The number of hydrogen-bond donors (Lipinski definition) is 2. The van der Waals surface area contributed by atoms with E-state index in [1.807, 2.05) is 31.2 Å². The van der Waals surface area contributed by atoms with E-state index in [1.54, 1.807) is 18.1 Å². The van der Waals surface area contributed by atoms with Crippen LogP contribution in [0.25, 0.3) is 0 Å². The van der Waals surface area contributed by atoms with E-state index in [2.05, 4.69) is 15.4 Å². The van der Waals surface area contributed by atoms with E-state index < -0.39 is 5.60 Å². The van der Waals surface area contributed by atoms with Crippen molar-refractivity contribution in [3.05, 3.63) is 53.4 Å². The van der Waals surface area contributed by atoms with Gasteiger partial charge in [-0.1, -0.05) is 23.8 Å². The first-order valence-corrected chi connectivity index (χ1v) is 8.18. The topological polar surface area (TPSA) is 91.3 Å². The van der Waals surface area contributed by atoms with E-state index in [4.69, 9.17) is 4.74 Å². The summed E-state index contributed by atoms with van der Waals surface area (Å²) < 4.78 is 5.35. The maximum atomic E-state index is 12.5. The molecule has 2 heterocycles. The number of nitrogens with zero attached hydrogens (tertiary/aromatic N) is 3. The molecule has 0 spiro atoms. The van der Waals surface area contributed by atoms with Crippen LogP contribution in [0, 0.1) is 0 Å². The van der Waals surface area contributed by atoms with Gasteiger partial charge in [-0.2, -0.15) is 15.4 Å². The lowest BCUT2D eigenvalue weighted by atomic mass is 10.00. The predicted octanol–water partition coefficient (Wildman–Crippen LogP) is 1.42. The number of benzene rings is 1. The minimum Gasteiger partial charge on any atom is -0.496 e. The van der Waals surface area contributed by atoms with Crippen LogP contribution in [-0.2, 0) is 16.8 Å². The van der Waals surface area contributed by atoms with Gasteiger partial charge in [0, 0.05) is 19.0 Å². The van der Waals surface area contributed by atoms with Crippen molar-refractivity contribution < 1.29 is 14.6 Å². The van der Waals surface area contributed by atoms with Crippen LogP contribution < -0.4 is 4.74 Å². The smallest absolute Gasteiger partial charge is 0.246 e. The standard InChI is InChI=1S/C18H22N4O3/c1-13(9-14-5-3-4-6-15(14)25-2)10-17(23)22-8-7-18(24,12-22)16-11-19-21-20-16/h3-6,10-11,24H,7-9,12H2,1-2H3,(H,19,20,21)/b13-10+. The molecule has 2 N–H and O–H groups in total. The van der Waals surface area contributed by atoms with Crippen molar-refractivity contribution in [1.82, 2.24) is 20.3 Å². The fourth-order valence-electron chi connectivity index (χ4n) is 3.12. The molecule has 2 aromatic rings. The maximum absolute atomic E-state index is 12.5. The Balaban J connectivity index is 1.66. The number of aromatic amines is 1. The normalized spacial score (nSPS) is 20.8. The second kappa shape index (κ2) is 7.06. The van der Waals surface area contributed by atoms with Crippen LogP contribution in [0.2, 0.25) is 0 Å². The number of aromatic nitrogens is 3. The molecule has 7 nitrogen and oxygen atoms in total. The number of carbonyl (C=O) groups excluding carboxylic acids is 1. The Kier molecular flexibility index (Phi) is 4.85. The lowest BCUT2D eigenvalue weighted by Crippen LogP contribution is -2.34. The molecular weight excluding hydrogens is 320 g/mol. The van der Waals surface area contributed by atoms with Crippen molar-refractivity contribution in [2.45, 2.75) is 25.4 Å². The Labute approximate surface area is 146 Å². The first-order chi connectivity index (χ1) is 12.0. The number of likely N-dealkylation sites (tertiary alicyclic amines) is 1. The second-order valence-electron chi connectivity index (χ2n) is 6.38. The van der Waals surface area contributed by atoms with Crippen LogP contribution in [0.5, 0.6) is 5.75 Å². The van der Waals surface area contributed by atoms with Gasteiger partial charge in [0.05, 0.1) is 19.9 Å². The molecule has 25 heavy (non-hydrogen) atoms. The van der Waals surface area contributed by atoms with Gasteiger partial charge in [-0.15, -0.1) is 0 Å². The molecule has 1 aliphatic rings. The molecule has 7 heteroatoms. The predicted molar refractivity (Wildman–Crippen MR) is 91.9 cm³/mol. The number of para-hydroxylation sites is 1. The molecule has 1 unspecified atom stereocenters. The van der Waals surface area contributed by atoms with Crippen LogP contribution in [0.3, 0.4) is 0 Å². The first-order valence-electron chi connectivity index (χ1n) is 8.18. The van der Waals surface area contributed by atoms with Gasteiger partial charge in [0.25, 0.3) is 0 Å². The van der Waals surface area contributed by atoms with E-state index in [1.165, 1.54) is 6.20 Å². The van der Waals surface area contributed by atoms with Crippen LogP contribution in [-0.4, -0.2) is 51.5 Å². The highest BCUT2D eigenvalue weighted by molar-refractivity contribution is 5.88. The average molecular weight is 342 g/mol. The first kappa shape index (κ1) is 17.2. The van der Waals surface area contributed by atoms with Gasteiger partial charge in [0.2, 0.25) is 5.91 Å². The molecule has 1 fully saturated rings. The number of allylic oxidation sites excluding steroid dienone is 1. The van der Waals surface area contributed by atoms with Crippen LogP contribution in [0.1, 0.15) is 24.6 Å². The van der Waals surface area contributed by atoms with E-state index in [9.17, 15) is 9.90 Å². The summed E-state index contributed by atoms with van der Waals surface area (Å²) in [5.41, 5.74) is 1.31. The monoisotopic (exact) mass is 342 g/mol. The number of methoxy groups -OCH3 is 1. The SMILES string of the molecule is COc1ccccc1C/C(C)=C/C(=O)N1CCC(O)(c2cn[nH]n2)C1. The number of ether oxygens (including phenoxy) is 1. The van der Waals surface area contributed by atoms with Gasteiger partial charge in [-0.3, -0.25) is 4.79 Å². The fraction of sp³-hybridized carbons (Fsp3) is 0.389. The minimum atomic E-state index is -1.13. The van der Waals surface area contributed by atoms with Crippen molar-refractivity contribution in [3.63, 3.8) is 0 Å². The molecule has 1 aromatic heterocycles. The summed E-state index contributed by atoms with van der Waals surface area (Å²) in [7, 11) is 1.64. The van der Waals surface area contributed by atoms with E-state index in [0.717, 1.165) is 16.9 Å². The second-order valence-corrected chi connectivity index (χ2v) is 6.38. The summed E-state index contributed by atoms with van der Waals surface area (Å²) in [4.78, 5) is 14.2. The molecular formula is C18H22N4O3. The van der Waals surface area contributed by atoms with E-state index >= 15 is 0 Å². The number of aliphatic hydroxyl groups is 1. The molecule has 0 bridgehead atoms. The van der Waals surface area contributed by atoms with Crippen LogP contribution >= 0.6 is 0 Å². The van der Waals surface area contributed by atoms with Crippen molar-refractivity contribution in [1.29, 1.82) is 0 Å². The molecule has 132 valence electrons. The van der Waals surface area contributed by atoms with Crippen molar-refractivity contribution >= 4 is 5.91 Å². The Morgan fingerprint density at radius 1 is 1.48 bits per heavy atom. The molecule has 1 amide bonds. The largest absolute Gasteiger partial charge is 0.496 e. The molecule has 0 saturated carbocycles. The quantitative estimate of drug-likeness (QED) is 0.802. The molecule has 3 rings (SSSR count). The molecule has 1 saturated heterocycles. The lowest BCUT2D eigenvalue weighted by Gasteiger charge is -2.20. The van der Waals surface area contributed by atoms with Crippen molar-refractivity contribution in [3.8, 4) is 5.75 Å². The summed E-state index contributed by atoms with van der Waals surface area (Å²) in [6.45, 7) is 2.63. The van der Waals surface area contributed by atoms with E-state index in [0.29, 0.717) is 25.1 Å². The fourth-order valence-corrected chi connectivity index (χ4v) is 3.12. The highest BCUT2D eigenvalue weighted by Gasteiger charge is 2.41. The zero-order valence-corrected chi connectivity index (χ0v) is 14.4. The van der Waals surface area contributed by atoms with Crippen molar-refractivity contribution in [2.24, 2.45) is 0 Å². The molecule has 0 radical (unpaired) electrons. The summed E-state index contributed by atoms with van der Waals surface area (Å²) in [5, 5.41) is 20.8. The van der Waals surface area contributed by atoms with Crippen molar-refractivity contribution in [2.75, 3.05) is 20.2 Å². The number of carbonyl (C=O) groups is 1. The van der Waals surface area contributed by atoms with Gasteiger partial charge >= 0.3 is 0 Å². The Hall–Kier alpha value is -2.67. The third-order valence-corrected chi connectivity index (χ3v) is 4.48. The minimum absolute atomic E-state index is 0.105. The Morgan fingerprint density at radius 3 is 3.00 bits per heavy atom. The summed E-state index contributed by atoms with van der Waals surface area (Å²) in [5.74, 6) is 0.705. The van der Waals surface area contributed by atoms with Crippen LogP contribution in [0.15, 0.2) is 42.1 Å². The van der Waals surface area contributed by atoms with Gasteiger partial charge in [-0.25, -0.2) is 0 Å².